The van der Waals surface area contributed by atoms with Gasteiger partial charge in [-0.2, -0.15) is 0 Å². The maximum Gasteiger partial charge on any atom is 0.261 e. The molecule has 0 atom stereocenters. The van der Waals surface area contributed by atoms with Crippen molar-refractivity contribution in [3.63, 3.8) is 0 Å². The van der Waals surface area contributed by atoms with Gasteiger partial charge in [0.1, 0.15) is 5.82 Å². The number of hydrogen-bond donors (Lipinski definition) is 1. The predicted octanol–water partition coefficient (Wildman–Crippen LogP) is 3.42. The van der Waals surface area contributed by atoms with Gasteiger partial charge in [-0.1, -0.05) is 25.1 Å². The first-order valence-corrected chi connectivity index (χ1v) is 7.12. The summed E-state index contributed by atoms with van der Waals surface area (Å²) in [6, 6.07) is 10.4. The zero-order chi connectivity index (χ0) is 13.7. The highest BCUT2D eigenvalue weighted by Crippen LogP contribution is 2.16. The molecule has 2 aromatic rings. The molecule has 2 nitrogen and oxygen atoms in total. The van der Waals surface area contributed by atoms with Crippen molar-refractivity contribution >= 4 is 17.2 Å². The number of carbonyl (C=O) groups is 1. The van der Waals surface area contributed by atoms with Crippen molar-refractivity contribution in [1.82, 2.24) is 5.32 Å². The van der Waals surface area contributed by atoms with Gasteiger partial charge in [0.05, 0.1) is 4.88 Å². The molecule has 0 aliphatic carbocycles. The molecule has 0 aliphatic heterocycles. The van der Waals surface area contributed by atoms with E-state index in [-0.39, 0.29) is 11.7 Å². The standard InChI is InChI=1S/C15H16FNOS/c1-2-12-7-8-14(19-12)15(18)17-10-9-11-5-3-4-6-13(11)16/h3-8H,2,9-10H2,1H3,(H,17,18). The summed E-state index contributed by atoms with van der Waals surface area (Å²) in [4.78, 5) is 13.8. The molecule has 0 bridgehead atoms. The smallest absolute Gasteiger partial charge is 0.261 e. The van der Waals surface area contributed by atoms with Gasteiger partial charge in [0.2, 0.25) is 0 Å². The summed E-state index contributed by atoms with van der Waals surface area (Å²) in [5, 5.41) is 2.82. The van der Waals surface area contributed by atoms with Gasteiger partial charge in [0, 0.05) is 11.4 Å². The fourth-order valence-electron chi connectivity index (χ4n) is 1.79. The Bertz CT molecular complexity index is 565. The molecule has 0 aliphatic rings. The van der Waals surface area contributed by atoms with Crippen LogP contribution in [0.5, 0.6) is 0 Å². The normalized spacial score (nSPS) is 10.4. The Kier molecular flexibility index (Phi) is 4.68. The molecule has 1 amide bonds. The van der Waals surface area contributed by atoms with E-state index in [0.29, 0.717) is 23.4 Å². The summed E-state index contributed by atoms with van der Waals surface area (Å²) >= 11 is 1.50. The maximum atomic E-state index is 13.4. The highest BCUT2D eigenvalue weighted by molar-refractivity contribution is 7.14. The molecule has 2 rings (SSSR count). The third kappa shape index (κ3) is 3.64. The second-order valence-electron chi connectivity index (χ2n) is 4.22. The van der Waals surface area contributed by atoms with Gasteiger partial charge in [0.25, 0.3) is 5.91 Å². The largest absolute Gasteiger partial charge is 0.351 e. The van der Waals surface area contributed by atoms with Crippen molar-refractivity contribution in [1.29, 1.82) is 0 Å². The van der Waals surface area contributed by atoms with Crippen molar-refractivity contribution < 1.29 is 9.18 Å². The minimum atomic E-state index is -0.221. The summed E-state index contributed by atoms with van der Waals surface area (Å²) in [5.74, 6) is -0.304. The molecule has 1 aromatic carbocycles. The Balaban J connectivity index is 1.86. The summed E-state index contributed by atoms with van der Waals surface area (Å²) < 4.78 is 13.4. The number of hydrogen-bond acceptors (Lipinski definition) is 2. The van der Waals surface area contributed by atoms with E-state index in [4.69, 9.17) is 0 Å². The second kappa shape index (κ2) is 6.48. The van der Waals surface area contributed by atoms with Gasteiger partial charge >= 0.3 is 0 Å². The van der Waals surface area contributed by atoms with E-state index >= 15 is 0 Å². The molecule has 0 saturated heterocycles. The van der Waals surface area contributed by atoms with Crippen LogP contribution in [0.4, 0.5) is 4.39 Å². The molecule has 0 radical (unpaired) electrons. The van der Waals surface area contributed by atoms with Crippen LogP contribution in [0.1, 0.15) is 27.0 Å². The molecule has 19 heavy (non-hydrogen) atoms. The number of aryl methyl sites for hydroxylation is 1. The molecule has 100 valence electrons. The molecule has 1 aromatic heterocycles. The second-order valence-corrected chi connectivity index (χ2v) is 5.39. The molecule has 0 saturated carbocycles. The summed E-state index contributed by atoms with van der Waals surface area (Å²) in [6.07, 6.45) is 1.44. The van der Waals surface area contributed by atoms with Crippen molar-refractivity contribution in [2.24, 2.45) is 0 Å². The first-order valence-electron chi connectivity index (χ1n) is 6.31. The van der Waals surface area contributed by atoms with Gasteiger partial charge in [-0.3, -0.25) is 4.79 Å². The monoisotopic (exact) mass is 277 g/mol. The zero-order valence-corrected chi connectivity index (χ0v) is 11.6. The van der Waals surface area contributed by atoms with Crippen molar-refractivity contribution in [3.05, 3.63) is 57.5 Å². The maximum absolute atomic E-state index is 13.4. The fraction of sp³-hybridized carbons (Fsp3) is 0.267. The number of nitrogens with one attached hydrogen (secondary N) is 1. The van der Waals surface area contributed by atoms with Crippen LogP contribution < -0.4 is 5.32 Å². The molecule has 1 N–H and O–H groups in total. The van der Waals surface area contributed by atoms with Crippen LogP contribution in [0.3, 0.4) is 0 Å². The Morgan fingerprint density at radius 3 is 2.74 bits per heavy atom. The Labute approximate surface area is 116 Å². The van der Waals surface area contributed by atoms with Crippen molar-refractivity contribution in [2.75, 3.05) is 6.54 Å². The van der Waals surface area contributed by atoms with Crippen LogP contribution in [0.15, 0.2) is 36.4 Å². The van der Waals surface area contributed by atoms with Crippen LogP contribution in [-0.2, 0) is 12.8 Å². The number of benzene rings is 1. The van der Waals surface area contributed by atoms with E-state index in [2.05, 4.69) is 12.2 Å². The van der Waals surface area contributed by atoms with E-state index in [9.17, 15) is 9.18 Å². The lowest BCUT2D eigenvalue weighted by Gasteiger charge is -2.04. The number of rotatable bonds is 5. The zero-order valence-electron chi connectivity index (χ0n) is 10.8. The molecule has 1 heterocycles. The summed E-state index contributed by atoms with van der Waals surface area (Å²) in [6.45, 7) is 2.50. The number of carbonyl (C=O) groups excluding carboxylic acids is 1. The first kappa shape index (κ1) is 13.7. The van der Waals surface area contributed by atoms with Crippen LogP contribution in [-0.4, -0.2) is 12.5 Å². The van der Waals surface area contributed by atoms with Crippen LogP contribution in [0.2, 0.25) is 0 Å². The topological polar surface area (TPSA) is 29.1 Å². The van der Waals surface area contributed by atoms with Crippen molar-refractivity contribution in [3.8, 4) is 0 Å². The third-order valence-corrected chi connectivity index (χ3v) is 4.10. The number of thiophene rings is 1. The Morgan fingerprint density at radius 2 is 2.05 bits per heavy atom. The Hall–Kier alpha value is -1.68. The highest BCUT2D eigenvalue weighted by atomic mass is 32.1. The lowest BCUT2D eigenvalue weighted by molar-refractivity contribution is 0.0958. The van der Waals surface area contributed by atoms with Crippen LogP contribution in [0, 0.1) is 5.82 Å². The van der Waals surface area contributed by atoms with E-state index in [0.717, 1.165) is 6.42 Å². The Morgan fingerprint density at radius 1 is 1.26 bits per heavy atom. The van der Waals surface area contributed by atoms with Gasteiger partial charge < -0.3 is 5.32 Å². The molecule has 0 fully saturated rings. The molecular formula is C15H16FNOS. The average Bonchev–Trinajstić information content (AvgIpc) is 2.90. The van der Waals surface area contributed by atoms with E-state index in [1.807, 2.05) is 12.1 Å². The summed E-state index contributed by atoms with van der Waals surface area (Å²) in [5.41, 5.74) is 0.628. The average molecular weight is 277 g/mol. The minimum absolute atomic E-state index is 0.0824. The molecule has 4 heteroatoms. The van der Waals surface area contributed by atoms with Gasteiger partial charge in [-0.25, -0.2) is 4.39 Å². The van der Waals surface area contributed by atoms with Crippen molar-refractivity contribution in [2.45, 2.75) is 19.8 Å². The number of amides is 1. The minimum Gasteiger partial charge on any atom is -0.351 e. The van der Waals surface area contributed by atoms with E-state index in [1.54, 1.807) is 18.2 Å². The molecule has 0 unspecified atom stereocenters. The quantitative estimate of drug-likeness (QED) is 0.891. The van der Waals surface area contributed by atoms with E-state index < -0.39 is 0 Å². The highest BCUT2D eigenvalue weighted by Gasteiger charge is 2.08. The van der Waals surface area contributed by atoms with Gasteiger partial charge in [-0.05, 0) is 36.6 Å². The third-order valence-electron chi connectivity index (χ3n) is 2.87. The SMILES string of the molecule is CCc1ccc(C(=O)NCCc2ccccc2F)s1. The lowest BCUT2D eigenvalue weighted by Crippen LogP contribution is -2.25. The van der Waals surface area contributed by atoms with E-state index in [1.165, 1.54) is 22.3 Å². The lowest BCUT2D eigenvalue weighted by atomic mass is 10.1. The predicted molar refractivity (Wildman–Crippen MR) is 76.1 cm³/mol. The molecule has 0 spiro atoms. The first-order chi connectivity index (χ1) is 9.20. The van der Waals surface area contributed by atoms with Crippen LogP contribution >= 0.6 is 11.3 Å². The van der Waals surface area contributed by atoms with Gasteiger partial charge in [-0.15, -0.1) is 11.3 Å². The van der Waals surface area contributed by atoms with Crippen LogP contribution in [0.25, 0.3) is 0 Å². The summed E-state index contributed by atoms with van der Waals surface area (Å²) in [7, 11) is 0. The van der Waals surface area contributed by atoms with Gasteiger partial charge in [0.15, 0.2) is 0 Å². The number of halogens is 1. The fourth-order valence-corrected chi connectivity index (χ4v) is 2.65. The molecular weight excluding hydrogens is 261 g/mol.